The van der Waals surface area contributed by atoms with Gasteiger partial charge in [0, 0.05) is 33.1 Å². The van der Waals surface area contributed by atoms with E-state index in [2.05, 4.69) is 63.2 Å². The number of rotatable bonds is 14. The predicted octanol–water partition coefficient (Wildman–Crippen LogP) is 6.28. The fourth-order valence-electron chi connectivity index (χ4n) is 3.88. The van der Waals surface area contributed by atoms with E-state index in [0.717, 1.165) is 68.9 Å². The normalized spacial score (nSPS) is 11.9. The lowest BCUT2D eigenvalue weighted by atomic mass is 9.85. The van der Waals surface area contributed by atoms with E-state index in [-0.39, 0.29) is 18.6 Å². The van der Waals surface area contributed by atoms with Gasteiger partial charge >= 0.3 is 0 Å². The molecule has 6 heteroatoms. The van der Waals surface area contributed by atoms with Crippen LogP contribution in [-0.4, -0.2) is 59.7 Å². The number of ether oxygens (including phenoxy) is 2. The van der Waals surface area contributed by atoms with Crippen molar-refractivity contribution in [2.75, 3.05) is 49.4 Å². The van der Waals surface area contributed by atoms with Gasteiger partial charge < -0.3 is 19.7 Å². The van der Waals surface area contributed by atoms with Crippen molar-refractivity contribution in [3.63, 3.8) is 0 Å². The summed E-state index contributed by atoms with van der Waals surface area (Å²) in [5.74, 6) is 5.33. The first kappa shape index (κ1) is 27.0. The van der Waals surface area contributed by atoms with Gasteiger partial charge in [-0.05, 0) is 41.4 Å². The number of benzene rings is 3. The summed E-state index contributed by atoms with van der Waals surface area (Å²) < 4.78 is 12.9. The lowest BCUT2D eigenvalue weighted by molar-refractivity contribution is 0.318. The molecular weight excluding hydrogens is 464 g/mol. The van der Waals surface area contributed by atoms with E-state index >= 15 is 0 Å². The molecule has 0 saturated heterocycles. The Morgan fingerprint density at radius 1 is 0.676 bits per heavy atom. The number of aliphatic hydroxyl groups excluding tert-OH is 2. The molecule has 0 bridgehead atoms. The highest BCUT2D eigenvalue weighted by molar-refractivity contribution is 7.99. The number of hydrogen-bond donors (Lipinski definition) is 2. The van der Waals surface area contributed by atoms with Crippen molar-refractivity contribution in [2.24, 2.45) is 0 Å². The third kappa shape index (κ3) is 7.20. The monoisotopic (exact) mass is 502 g/mol. The van der Waals surface area contributed by atoms with Crippen LogP contribution in [0.2, 0.25) is 0 Å². The minimum atomic E-state index is 0.0307. The molecule has 0 spiro atoms. The zero-order valence-electron chi connectivity index (χ0n) is 20.6. The molecule has 2 N–H and O–H groups in total. The molecule has 0 aliphatic heterocycles. The maximum Gasteiger partial charge on any atom is 0.135 e. The molecule has 0 aliphatic carbocycles. The number of thioether (sulfide) groups is 2. The molecule has 0 unspecified atom stereocenters. The van der Waals surface area contributed by atoms with E-state index in [1.165, 1.54) is 5.56 Å². The molecule has 4 nitrogen and oxygen atoms in total. The van der Waals surface area contributed by atoms with Crippen LogP contribution >= 0.6 is 23.5 Å². The molecule has 34 heavy (non-hydrogen) atoms. The van der Waals surface area contributed by atoms with Gasteiger partial charge in [0.2, 0.25) is 0 Å². The molecule has 0 heterocycles. The van der Waals surface area contributed by atoms with Gasteiger partial charge in [0.1, 0.15) is 11.5 Å². The van der Waals surface area contributed by atoms with Crippen LogP contribution < -0.4 is 9.47 Å². The summed E-state index contributed by atoms with van der Waals surface area (Å²) in [5.41, 5.74) is 1.30. The second kappa shape index (κ2) is 13.5. The van der Waals surface area contributed by atoms with Crippen molar-refractivity contribution < 1.29 is 19.7 Å². The SMILES string of the molecule is CC(C)(C)c1ccc2c(OCCCSCCO)c3ccccc3c(OCCCSCCO)c2c1. The molecule has 0 aliphatic rings. The summed E-state index contributed by atoms with van der Waals surface area (Å²) >= 11 is 3.51. The Bertz CT molecular complexity index is 1050. The van der Waals surface area contributed by atoms with Crippen LogP contribution in [0.1, 0.15) is 39.2 Å². The first-order valence-electron chi connectivity index (χ1n) is 12.1. The van der Waals surface area contributed by atoms with Crippen LogP contribution in [0.4, 0.5) is 0 Å². The van der Waals surface area contributed by atoms with Gasteiger partial charge in [0.25, 0.3) is 0 Å². The maximum atomic E-state index is 9.00. The fraction of sp³-hybridized carbons (Fsp3) is 0.500. The highest BCUT2D eigenvalue weighted by atomic mass is 32.2. The number of hydrogen-bond acceptors (Lipinski definition) is 6. The Morgan fingerprint density at radius 2 is 1.18 bits per heavy atom. The van der Waals surface area contributed by atoms with Crippen molar-refractivity contribution in [3.05, 3.63) is 48.0 Å². The third-order valence-electron chi connectivity index (χ3n) is 5.62. The van der Waals surface area contributed by atoms with Crippen LogP contribution in [0.25, 0.3) is 21.5 Å². The molecule has 3 aromatic carbocycles. The van der Waals surface area contributed by atoms with Gasteiger partial charge in [-0.15, -0.1) is 0 Å². The van der Waals surface area contributed by atoms with E-state index in [1.807, 2.05) is 0 Å². The van der Waals surface area contributed by atoms with Crippen LogP contribution in [-0.2, 0) is 5.41 Å². The first-order valence-corrected chi connectivity index (χ1v) is 14.4. The van der Waals surface area contributed by atoms with Crippen LogP contribution in [0.5, 0.6) is 11.5 Å². The second-order valence-electron chi connectivity index (χ2n) is 9.29. The van der Waals surface area contributed by atoms with Crippen LogP contribution in [0.3, 0.4) is 0 Å². The standard InChI is InChI=1S/C28H38O4S2/c1-28(2,3)21-10-11-24-25(20-21)27(32-15-7-17-34-19-13-30)23-9-5-4-8-22(23)26(24)31-14-6-16-33-18-12-29/h4-5,8-11,20,29-30H,6-7,12-19H2,1-3H3. The average molecular weight is 503 g/mol. The van der Waals surface area contributed by atoms with Gasteiger partial charge in [-0.1, -0.05) is 57.2 Å². The minimum absolute atomic E-state index is 0.0307. The molecule has 0 amide bonds. The van der Waals surface area contributed by atoms with Crippen molar-refractivity contribution in [2.45, 2.75) is 39.0 Å². The Labute approximate surface area is 212 Å². The molecule has 0 saturated carbocycles. The largest absolute Gasteiger partial charge is 0.492 e. The second-order valence-corrected chi connectivity index (χ2v) is 11.7. The van der Waals surface area contributed by atoms with E-state index in [1.54, 1.807) is 23.5 Å². The minimum Gasteiger partial charge on any atom is -0.492 e. The summed E-state index contributed by atoms with van der Waals surface area (Å²) in [6.07, 6.45) is 1.87. The van der Waals surface area contributed by atoms with E-state index in [9.17, 15) is 0 Å². The van der Waals surface area contributed by atoms with Crippen molar-refractivity contribution in [1.29, 1.82) is 0 Å². The summed E-state index contributed by atoms with van der Waals surface area (Å²) in [5, 5.41) is 22.3. The highest BCUT2D eigenvalue weighted by Gasteiger charge is 2.20. The van der Waals surface area contributed by atoms with Gasteiger partial charge in [0.05, 0.1) is 26.4 Å². The topological polar surface area (TPSA) is 58.9 Å². The Hall–Kier alpha value is -1.60. The van der Waals surface area contributed by atoms with Crippen molar-refractivity contribution in [1.82, 2.24) is 0 Å². The predicted molar refractivity (Wildman–Crippen MR) is 149 cm³/mol. The highest BCUT2D eigenvalue weighted by Crippen LogP contribution is 2.44. The molecule has 3 rings (SSSR count). The van der Waals surface area contributed by atoms with E-state index in [0.29, 0.717) is 13.2 Å². The lowest BCUT2D eigenvalue weighted by Gasteiger charge is -2.22. The summed E-state index contributed by atoms with van der Waals surface area (Å²) in [7, 11) is 0. The van der Waals surface area contributed by atoms with Gasteiger partial charge in [-0.3, -0.25) is 0 Å². The average Bonchev–Trinajstić information content (AvgIpc) is 2.83. The quantitative estimate of drug-likeness (QED) is 0.200. The van der Waals surface area contributed by atoms with Crippen molar-refractivity contribution >= 4 is 45.1 Å². The number of fused-ring (bicyclic) bond motifs is 2. The van der Waals surface area contributed by atoms with Crippen molar-refractivity contribution in [3.8, 4) is 11.5 Å². The Balaban J connectivity index is 1.97. The zero-order valence-corrected chi connectivity index (χ0v) is 22.3. The van der Waals surface area contributed by atoms with E-state index in [4.69, 9.17) is 19.7 Å². The molecule has 0 aromatic heterocycles. The van der Waals surface area contributed by atoms with Crippen LogP contribution in [0.15, 0.2) is 42.5 Å². The zero-order chi connectivity index (χ0) is 24.4. The van der Waals surface area contributed by atoms with Gasteiger partial charge in [-0.2, -0.15) is 23.5 Å². The Kier molecular flexibility index (Phi) is 10.7. The maximum absolute atomic E-state index is 9.00. The Morgan fingerprint density at radius 3 is 1.68 bits per heavy atom. The summed E-state index contributed by atoms with van der Waals surface area (Å²) in [4.78, 5) is 0. The number of aliphatic hydroxyl groups is 2. The fourth-order valence-corrected chi connectivity index (χ4v) is 5.19. The van der Waals surface area contributed by atoms with Gasteiger partial charge in [-0.25, -0.2) is 0 Å². The molecule has 3 aromatic rings. The smallest absolute Gasteiger partial charge is 0.135 e. The van der Waals surface area contributed by atoms with Crippen LogP contribution in [0, 0.1) is 0 Å². The molecule has 0 fully saturated rings. The lowest BCUT2D eigenvalue weighted by Crippen LogP contribution is -2.11. The summed E-state index contributed by atoms with van der Waals surface area (Å²) in [6.45, 7) is 8.41. The molecule has 0 atom stereocenters. The molecular formula is C28H38O4S2. The molecule has 0 radical (unpaired) electrons. The first-order chi connectivity index (χ1) is 16.5. The molecule has 186 valence electrons. The van der Waals surface area contributed by atoms with Gasteiger partial charge in [0.15, 0.2) is 0 Å². The summed E-state index contributed by atoms with van der Waals surface area (Å²) in [6, 6.07) is 15.0. The van der Waals surface area contributed by atoms with E-state index < -0.39 is 0 Å². The third-order valence-corrected chi connectivity index (χ3v) is 7.72.